The van der Waals surface area contributed by atoms with Gasteiger partial charge in [-0.1, -0.05) is 62.9 Å². The summed E-state index contributed by atoms with van der Waals surface area (Å²) in [7, 11) is -0.277. The Morgan fingerprint density at radius 1 is 0.870 bits per heavy atom. The molecule has 1 heterocycles. The summed E-state index contributed by atoms with van der Waals surface area (Å²) in [5, 5.41) is 0. The molecule has 0 amide bonds. The highest BCUT2D eigenvalue weighted by Gasteiger charge is 2.25. The highest BCUT2D eigenvalue weighted by atomic mass is 28.3. The molecule has 1 aromatic carbocycles. The largest absolute Gasteiger partial charge is 0.207 e. The summed E-state index contributed by atoms with van der Waals surface area (Å²) < 4.78 is 13.0. The third-order valence-electron chi connectivity index (χ3n) is 6.72. The van der Waals surface area contributed by atoms with Gasteiger partial charge in [0.2, 0.25) is 0 Å². The van der Waals surface area contributed by atoms with Crippen LogP contribution >= 0.6 is 0 Å². The van der Waals surface area contributed by atoms with Crippen molar-refractivity contribution in [3.8, 4) is 0 Å². The van der Waals surface area contributed by atoms with E-state index < -0.39 is 0 Å². The molecule has 0 unspecified atom stereocenters. The van der Waals surface area contributed by atoms with Crippen LogP contribution in [0.25, 0.3) is 0 Å². The zero-order chi connectivity index (χ0) is 16.1. The van der Waals surface area contributed by atoms with Gasteiger partial charge in [-0.3, -0.25) is 0 Å². The third-order valence-corrected chi connectivity index (χ3v) is 10.2. The monoisotopic (exact) mass is 332 g/mol. The quantitative estimate of drug-likeness (QED) is 0.537. The smallest absolute Gasteiger partial charge is 0.123 e. The zero-order valence-corrected chi connectivity index (χ0v) is 15.9. The minimum absolute atomic E-state index is 0.108. The lowest BCUT2D eigenvalue weighted by atomic mass is 9.76. The maximum atomic E-state index is 13.0. The Kier molecular flexibility index (Phi) is 6.33. The molecule has 23 heavy (non-hydrogen) atoms. The van der Waals surface area contributed by atoms with Crippen molar-refractivity contribution in [1.82, 2.24) is 0 Å². The Labute approximate surface area is 143 Å². The predicted octanol–water partition coefficient (Wildman–Crippen LogP) is 6.54. The van der Waals surface area contributed by atoms with Gasteiger partial charge in [0.15, 0.2) is 0 Å². The lowest BCUT2D eigenvalue weighted by Gasteiger charge is -2.31. The normalized spacial score (nSPS) is 31.9. The van der Waals surface area contributed by atoms with Crippen molar-refractivity contribution in [1.29, 1.82) is 0 Å². The lowest BCUT2D eigenvalue weighted by molar-refractivity contribution is 0.280. The van der Waals surface area contributed by atoms with Crippen molar-refractivity contribution in [2.75, 3.05) is 0 Å². The van der Waals surface area contributed by atoms with Gasteiger partial charge in [0, 0.05) is 8.80 Å². The fourth-order valence-corrected chi connectivity index (χ4v) is 7.91. The minimum atomic E-state index is -0.277. The van der Waals surface area contributed by atoms with Crippen molar-refractivity contribution in [2.24, 2.45) is 11.8 Å². The molecule has 1 aliphatic carbocycles. The van der Waals surface area contributed by atoms with Gasteiger partial charge >= 0.3 is 0 Å². The molecule has 0 radical (unpaired) electrons. The minimum Gasteiger partial charge on any atom is -0.207 e. The maximum Gasteiger partial charge on any atom is 0.123 e. The first kappa shape index (κ1) is 17.2. The van der Waals surface area contributed by atoms with E-state index in [0.29, 0.717) is 5.92 Å². The fourth-order valence-electron chi connectivity index (χ4n) is 4.92. The highest BCUT2D eigenvalue weighted by molar-refractivity contribution is 6.58. The maximum absolute atomic E-state index is 13.0. The molecule has 0 bridgehead atoms. The molecule has 1 aromatic rings. The van der Waals surface area contributed by atoms with E-state index in [2.05, 4.69) is 6.92 Å². The van der Waals surface area contributed by atoms with Crippen molar-refractivity contribution < 1.29 is 4.39 Å². The molecule has 1 saturated heterocycles. The van der Waals surface area contributed by atoms with E-state index in [9.17, 15) is 4.39 Å². The van der Waals surface area contributed by atoms with Crippen LogP contribution in [0.4, 0.5) is 4.39 Å². The Balaban J connectivity index is 1.37. The second-order valence-electron chi connectivity index (χ2n) is 8.14. The summed E-state index contributed by atoms with van der Waals surface area (Å²) in [4.78, 5) is 0. The van der Waals surface area contributed by atoms with Gasteiger partial charge in [-0.05, 0) is 61.1 Å². The van der Waals surface area contributed by atoms with Gasteiger partial charge in [0.05, 0.1) is 0 Å². The molecule has 0 nitrogen and oxygen atoms in total. The third kappa shape index (κ3) is 4.92. The summed E-state index contributed by atoms with van der Waals surface area (Å²) in [6.07, 6.45) is 11.5. The van der Waals surface area contributed by atoms with E-state index in [-0.39, 0.29) is 14.6 Å². The molecule has 0 aromatic heterocycles. The van der Waals surface area contributed by atoms with Crippen LogP contribution in [0.1, 0.15) is 69.8 Å². The zero-order valence-electron chi connectivity index (χ0n) is 14.8. The molecule has 3 rings (SSSR count). The van der Waals surface area contributed by atoms with Gasteiger partial charge in [-0.15, -0.1) is 0 Å². The predicted molar refractivity (Wildman–Crippen MR) is 100 cm³/mol. The first-order valence-electron chi connectivity index (χ1n) is 10.00. The van der Waals surface area contributed by atoms with Crippen LogP contribution in [-0.4, -0.2) is 8.80 Å². The van der Waals surface area contributed by atoms with E-state index >= 15 is 0 Å². The van der Waals surface area contributed by atoms with Crippen molar-refractivity contribution >= 4 is 8.80 Å². The van der Waals surface area contributed by atoms with Crippen LogP contribution in [-0.2, 0) is 0 Å². The molecular weight excluding hydrogens is 299 g/mol. The van der Waals surface area contributed by atoms with Gasteiger partial charge in [-0.25, -0.2) is 4.39 Å². The van der Waals surface area contributed by atoms with Crippen molar-refractivity contribution in [2.45, 2.75) is 82.3 Å². The SMILES string of the molecule is CC[Si@H]1CC[C@H](CCC2CCC(c3ccc(F)cc3)CC2)CC1. The van der Waals surface area contributed by atoms with Crippen LogP contribution in [0.2, 0.25) is 18.1 Å². The number of benzene rings is 1. The van der Waals surface area contributed by atoms with E-state index in [1.807, 2.05) is 12.1 Å². The molecule has 0 atom stereocenters. The summed E-state index contributed by atoms with van der Waals surface area (Å²) in [5.74, 6) is 2.59. The van der Waals surface area contributed by atoms with E-state index in [0.717, 1.165) is 11.8 Å². The number of halogens is 1. The molecule has 1 aliphatic heterocycles. The molecule has 1 saturated carbocycles. The van der Waals surface area contributed by atoms with Gasteiger partial charge in [0.25, 0.3) is 0 Å². The molecule has 2 aliphatic rings. The summed E-state index contributed by atoms with van der Waals surface area (Å²) in [6, 6.07) is 12.0. The van der Waals surface area contributed by atoms with Crippen LogP contribution in [0.3, 0.4) is 0 Å². The van der Waals surface area contributed by atoms with Crippen LogP contribution < -0.4 is 0 Å². The second-order valence-corrected chi connectivity index (χ2v) is 11.8. The van der Waals surface area contributed by atoms with Crippen LogP contribution in [0.15, 0.2) is 24.3 Å². The summed E-state index contributed by atoms with van der Waals surface area (Å²) >= 11 is 0. The van der Waals surface area contributed by atoms with E-state index in [4.69, 9.17) is 0 Å². The van der Waals surface area contributed by atoms with Crippen LogP contribution in [0, 0.1) is 17.7 Å². The molecular formula is C21H33FSi. The topological polar surface area (TPSA) is 0 Å². The molecule has 0 N–H and O–H groups in total. The van der Waals surface area contributed by atoms with Crippen LogP contribution in [0.5, 0.6) is 0 Å². The van der Waals surface area contributed by atoms with E-state index in [1.54, 1.807) is 37.1 Å². The average molecular weight is 333 g/mol. The Hall–Kier alpha value is -0.633. The van der Waals surface area contributed by atoms with Gasteiger partial charge < -0.3 is 0 Å². The molecule has 128 valence electrons. The van der Waals surface area contributed by atoms with Crippen molar-refractivity contribution in [3.63, 3.8) is 0 Å². The Morgan fingerprint density at radius 3 is 2.00 bits per heavy atom. The van der Waals surface area contributed by atoms with E-state index in [1.165, 1.54) is 50.1 Å². The number of rotatable bonds is 5. The molecule has 0 spiro atoms. The molecule has 2 heteroatoms. The standard InChI is InChI=1S/C21H33FSi/c1-2-23-15-13-18(14-16-23)4-3-17-5-7-19(8-6-17)20-9-11-21(22)12-10-20/h9-12,17-19,23H,2-8,13-16H2,1H3/t17?,18-,19?,23-. The highest BCUT2D eigenvalue weighted by Crippen LogP contribution is 2.39. The Bertz CT molecular complexity index is 453. The van der Waals surface area contributed by atoms with Gasteiger partial charge in [-0.2, -0.15) is 0 Å². The summed E-state index contributed by atoms with van der Waals surface area (Å²) in [6.45, 7) is 2.41. The molecule has 2 fully saturated rings. The van der Waals surface area contributed by atoms with Gasteiger partial charge in [0.1, 0.15) is 5.82 Å². The Morgan fingerprint density at radius 2 is 1.43 bits per heavy atom. The van der Waals surface area contributed by atoms with Crippen molar-refractivity contribution in [3.05, 3.63) is 35.6 Å². The first-order chi connectivity index (χ1) is 11.2. The second kappa shape index (κ2) is 8.46. The average Bonchev–Trinajstić information content (AvgIpc) is 2.61. The number of hydrogen-bond acceptors (Lipinski definition) is 0. The fraction of sp³-hybridized carbons (Fsp3) is 0.714. The summed E-state index contributed by atoms with van der Waals surface area (Å²) in [5.41, 5.74) is 1.35. The number of hydrogen-bond donors (Lipinski definition) is 0. The lowest BCUT2D eigenvalue weighted by Crippen LogP contribution is -2.21. The first-order valence-corrected chi connectivity index (χ1v) is 12.4.